The van der Waals surface area contributed by atoms with Crippen molar-refractivity contribution in [3.8, 4) is 11.5 Å². The second-order valence-corrected chi connectivity index (χ2v) is 8.14. The Balaban J connectivity index is 1.65. The molecule has 0 aliphatic heterocycles. The van der Waals surface area contributed by atoms with Gasteiger partial charge in [0.2, 0.25) is 0 Å². The van der Waals surface area contributed by atoms with Crippen molar-refractivity contribution in [2.24, 2.45) is 0 Å². The summed E-state index contributed by atoms with van der Waals surface area (Å²) in [6.07, 6.45) is 0. The Morgan fingerprint density at radius 3 is 2.42 bits per heavy atom. The molecule has 0 amide bonds. The third kappa shape index (κ3) is 6.72. The molecule has 3 aromatic carbocycles. The lowest BCUT2D eigenvalue weighted by Gasteiger charge is -2.16. The number of benzene rings is 3. The number of hydrogen-bond acceptors (Lipinski definition) is 4. The van der Waals surface area contributed by atoms with Crippen LogP contribution in [-0.2, 0) is 19.7 Å². The minimum atomic E-state index is -0.926. The molecule has 31 heavy (non-hydrogen) atoms. The van der Waals surface area contributed by atoms with E-state index in [1.54, 1.807) is 12.1 Å². The molecule has 5 nitrogen and oxygen atoms in total. The number of carbonyl (C=O) groups is 1. The van der Waals surface area contributed by atoms with Crippen LogP contribution in [0.3, 0.4) is 0 Å². The molecular weight excluding hydrogens is 482 g/mol. The highest BCUT2D eigenvalue weighted by Crippen LogP contribution is 2.34. The van der Waals surface area contributed by atoms with Crippen molar-refractivity contribution in [1.29, 1.82) is 0 Å². The minimum Gasteiger partial charge on any atom is -0.490 e. The molecular formula is C24H23BrClNO4. The number of hydrogen-bond donors (Lipinski definition) is 2. The second-order valence-electron chi connectivity index (χ2n) is 6.85. The largest absolute Gasteiger partial charge is 0.490 e. The highest BCUT2D eigenvalue weighted by Gasteiger charge is 2.12. The summed E-state index contributed by atoms with van der Waals surface area (Å²) in [6.45, 7) is 4.07. The van der Waals surface area contributed by atoms with Gasteiger partial charge in [0.25, 0.3) is 0 Å². The van der Waals surface area contributed by atoms with Crippen molar-refractivity contribution < 1.29 is 19.4 Å². The van der Waals surface area contributed by atoms with Gasteiger partial charge in [0.05, 0.1) is 12.2 Å². The van der Waals surface area contributed by atoms with Crippen LogP contribution in [0.4, 0.5) is 0 Å². The molecule has 0 unspecified atom stereocenters. The van der Waals surface area contributed by atoms with Crippen molar-refractivity contribution in [2.45, 2.75) is 26.6 Å². The molecule has 0 heterocycles. The average Bonchev–Trinajstić information content (AvgIpc) is 2.75. The van der Waals surface area contributed by atoms with Crippen LogP contribution in [-0.4, -0.2) is 17.7 Å². The maximum absolute atomic E-state index is 11.0. The molecule has 162 valence electrons. The van der Waals surface area contributed by atoms with Gasteiger partial charge in [0.15, 0.2) is 11.5 Å². The summed E-state index contributed by atoms with van der Waals surface area (Å²) in [4.78, 5) is 11.0. The Labute approximate surface area is 195 Å². The zero-order valence-electron chi connectivity index (χ0n) is 17.0. The molecule has 3 aromatic rings. The van der Waals surface area contributed by atoms with Crippen LogP contribution >= 0.6 is 27.5 Å². The third-order valence-corrected chi connectivity index (χ3v) is 5.51. The van der Waals surface area contributed by atoms with E-state index in [4.69, 9.17) is 26.2 Å². The van der Waals surface area contributed by atoms with Crippen molar-refractivity contribution in [3.63, 3.8) is 0 Å². The van der Waals surface area contributed by atoms with E-state index in [-0.39, 0.29) is 5.56 Å². The molecule has 0 radical (unpaired) electrons. The van der Waals surface area contributed by atoms with Crippen molar-refractivity contribution in [2.75, 3.05) is 6.61 Å². The van der Waals surface area contributed by atoms with Crippen LogP contribution < -0.4 is 14.8 Å². The van der Waals surface area contributed by atoms with E-state index in [0.29, 0.717) is 42.8 Å². The number of nitrogens with one attached hydrogen (secondary N) is 1. The summed E-state index contributed by atoms with van der Waals surface area (Å²) in [6, 6.07) is 18.3. The summed E-state index contributed by atoms with van der Waals surface area (Å²) in [5.41, 5.74) is 3.29. The molecule has 0 spiro atoms. The first-order valence-corrected chi connectivity index (χ1v) is 11.0. The first-order chi connectivity index (χ1) is 15.0. The summed E-state index contributed by atoms with van der Waals surface area (Å²) in [7, 11) is 0. The summed E-state index contributed by atoms with van der Waals surface area (Å²) in [5, 5.41) is 13.0. The topological polar surface area (TPSA) is 67.8 Å². The van der Waals surface area contributed by atoms with E-state index in [1.807, 2.05) is 55.5 Å². The molecule has 0 fully saturated rings. The van der Waals surface area contributed by atoms with Crippen LogP contribution in [0.2, 0.25) is 5.02 Å². The van der Waals surface area contributed by atoms with E-state index >= 15 is 0 Å². The molecule has 7 heteroatoms. The molecule has 0 atom stereocenters. The quantitative estimate of drug-likeness (QED) is 0.351. The van der Waals surface area contributed by atoms with Gasteiger partial charge in [-0.05, 0) is 60.0 Å². The maximum Gasteiger partial charge on any atom is 0.335 e. The van der Waals surface area contributed by atoms with Crippen molar-refractivity contribution in [1.82, 2.24) is 5.32 Å². The van der Waals surface area contributed by atoms with E-state index in [9.17, 15) is 4.79 Å². The molecule has 3 rings (SSSR count). The Morgan fingerprint density at radius 1 is 1.00 bits per heavy atom. The maximum atomic E-state index is 11.0. The summed E-state index contributed by atoms with van der Waals surface area (Å²) >= 11 is 9.67. The van der Waals surface area contributed by atoms with Gasteiger partial charge in [-0.2, -0.15) is 0 Å². The number of halogens is 2. The predicted octanol–water partition coefficient (Wildman–Crippen LogP) is 6.07. The fourth-order valence-corrected chi connectivity index (χ4v) is 3.66. The number of carboxylic acid groups (broad SMARTS) is 1. The SMILES string of the molecule is CCOc1cc(CNCc2ccc(C(=O)O)cc2)c(Br)cc1OCc1cccc(Cl)c1. The first kappa shape index (κ1) is 23.1. The third-order valence-electron chi connectivity index (χ3n) is 4.54. The van der Waals surface area contributed by atoms with Gasteiger partial charge in [-0.25, -0.2) is 4.79 Å². The summed E-state index contributed by atoms with van der Waals surface area (Å²) < 4.78 is 12.7. The van der Waals surface area contributed by atoms with Crippen LogP contribution in [0.25, 0.3) is 0 Å². The van der Waals surface area contributed by atoms with Gasteiger partial charge in [-0.1, -0.05) is 51.8 Å². The fourth-order valence-electron chi connectivity index (χ4n) is 2.99. The highest BCUT2D eigenvalue weighted by atomic mass is 79.9. The molecule has 0 bridgehead atoms. The number of carboxylic acids is 1. The van der Waals surface area contributed by atoms with Gasteiger partial charge in [0.1, 0.15) is 6.61 Å². The first-order valence-electron chi connectivity index (χ1n) is 9.81. The van der Waals surface area contributed by atoms with Gasteiger partial charge in [0, 0.05) is 22.6 Å². The predicted molar refractivity (Wildman–Crippen MR) is 125 cm³/mol. The average molecular weight is 505 g/mol. The standard InChI is InChI=1S/C24H23BrClNO4/c1-2-30-22-11-19(14-27-13-16-6-8-18(9-7-16)24(28)29)21(25)12-23(22)31-15-17-4-3-5-20(26)10-17/h3-12,27H,2,13-15H2,1H3,(H,28,29). The Morgan fingerprint density at radius 2 is 1.74 bits per heavy atom. The minimum absolute atomic E-state index is 0.279. The Bertz CT molecular complexity index is 1040. The lowest BCUT2D eigenvalue weighted by molar-refractivity contribution is 0.0697. The lowest BCUT2D eigenvalue weighted by Crippen LogP contribution is -2.13. The molecule has 0 aromatic heterocycles. The van der Waals surface area contributed by atoms with Gasteiger partial charge in [-0.15, -0.1) is 0 Å². The highest BCUT2D eigenvalue weighted by molar-refractivity contribution is 9.10. The fraction of sp³-hybridized carbons (Fsp3) is 0.208. The van der Waals surface area contributed by atoms with Crippen LogP contribution in [0.1, 0.15) is 34.0 Å². The van der Waals surface area contributed by atoms with Crippen molar-refractivity contribution in [3.05, 3.63) is 92.4 Å². The van der Waals surface area contributed by atoms with E-state index in [2.05, 4.69) is 21.2 Å². The monoisotopic (exact) mass is 503 g/mol. The molecule has 0 saturated carbocycles. The normalized spacial score (nSPS) is 10.7. The van der Waals surface area contributed by atoms with Crippen LogP contribution in [0, 0.1) is 0 Å². The Kier molecular flexibility index (Phi) is 8.35. The zero-order chi connectivity index (χ0) is 22.2. The Hall–Kier alpha value is -2.54. The van der Waals surface area contributed by atoms with Crippen molar-refractivity contribution >= 4 is 33.5 Å². The van der Waals surface area contributed by atoms with Gasteiger partial charge < -0.3 is 19.9 Å². The number of rotatable bonds is 10. The summed E-state index contributed by atoms with van der Waals surface area (Å²) in [5.74, 6) is 0.404. The lowest BCUT2D eigenvalue weighted by atomic mass is 10.1. The van der Waals surface area contributed by atoms with E-state index < -0.39 is 5.97 Å². The van der Waals surface area contributed by atoms with Gasteiger partial charge in [-0.3, -0.25) is 0 Å². The molecule has 0 saturated heterocycles. The van der Waals surface area contributed by atoms with Gasteiger partial charge >= 0.3 is 5.97 Å². The molecule has 0 aliphatic rings. The number of aromatic carboxylic acids is 1. The van der Waals surface area contributed by atoms with Crippen LogP contribution in [0.15, 0.2) is 65.1 Å². The second kappa shape index (κ2) is 11.2. The van der Waals surface area contributed by atoms with Crippen LogP contribution in [0.5, 0.6) is 11.5 Å². The molecule has 2 N–H and O–H groups in total. The van der Waals surface area contributed by atoms with E-state index in [1.165, 1.54) is 0 Å². The molecule has 0 aliphatic carbocycles. The number of ether oxygens (including phenoxy) is 2. The smallest absolute Gasteiger partial charge is 0.335 e. The van der Waals surface area contributed by atoms with E-state index in [0.717, 1.165) is 21.2 Å². The zero-order valence-corrected chi connectivity index (χ0v) is 19.4.